The molecule has 4 rings (SSSR count). The lowest BCUT2D eigenvalue weighted by atomic mass is 9.46. The van der Waals surface area contributed by atoms with Crippen LogP contribution in [0.5, 0.6) is 0 Å². The van der Waals surface area contributed by atoms with Crippen LogP contribution in [0.4, 0.5) is 4.39 Å². The van der Waals surface area contributed by atoms with Gasteiger partial charge in [-0.2, -0.15) is 0 Å². The quantitative estimate of drug-likeness (QED) is 0.350. The predicted octanol–water partition coefficient (Wildman–Crippen LogP) is 5.43. The van der Waals surface area contributed by atoms with Gasteiger partial charge in [0.2, 0.25) is 17.3 Å². The molecular formula is C23H25Cl4FO5. The van der Waals surface area contributed by atoms with E-state index in [0.717, 1.165) is 5.57 Å². The highest BCUT2D eigenvalue weighted by atomic mass is 35.5. The molecule has 0 aromatic heterocycles. The number of ketones is 1. The molecule has 0 heterocycles. The SMILES string of the molecule is C[C@]12C=CC(=O)C=C1CC[C@H]1[C@@H]3CC[C@](OC(=O)C(Cl)Cl)(C(=O)OCF)[C@@]3(C)C[C@H](Cl)[C@@]12Cl. The maximum absolute atomic E-state index is 13.1. The molecule has 0 spiro atoms. The van der Waals surface area contributed by atoms with Crippen LogP contribution in [0.1, 0.15) is 46.0 Å². The zero-order valence-electron chi connectivity index (χ0n) is 18.2. The molecule has 0 saturated heterocycles. The summed E-state index contributed by atoms with van der Waals surface area (Å²) >= 11 is 25.9. The second-order valence-corrected chi connectivity index (χ2v) is 12.1. The summed E-state index contributed by atoms with van der Waals surface area (Å²) in [5.74, 6) is -2.40. The highest BCUT2D eigenvalue weighted by Crippen LogP contribution is 2.72. The van der Waals surface area contributed by atoms with Crippen LogP contribution in [0.15, 0.2) is 23.8 Å². The van der Waals surface area contributed by atoms with Crippen molar-refractivity contribution in [3.8, 4) is 0 Å². The Bertz CT molecular complexity index is 953. The van der Waals surface area contributed by atoms with Gasteiger partial charge < -0.3 is 9.47 Å². The normalized spacial score (nSPS) is 43.9. The van der Waals surface area contributed by atoms with E-state index in [9.17, 15) is 18.8 Å². The summed E-state index contributed by atoms with van der Waals surface area (Å²) in [6.45, 7) is 2.45. The third-order valence-corrected chi connectivity index (χ3v) is 10.6. The van der Waals surface area contributed by atoms with Gasteiger partial charge in [0.15, 0.2) is 5.78 Å². The van der Waals surface area contributed by atoms with Crippen LogP contribution in [0, 0.1) is 22.7 Å². The van der Waals surface area contributed by atoms with Crippen molar-refractivity contribution < 1.29 is 28.2 Å². The highest BCUT2D eigenvalue weighted by Gasteiger charge is 2.75. The first-order valence-corrected chi connectivity index (χ1v) is 12.6. The van der Waals surface area contributed by atoms with E-state index in [0.29, 0.717) is 19.3 Å². The Morgan fingerprint density at radius 3 is 2.58 bits per heavy atom. The number of hydrogen-bond donors (Lipinski definition) is 0. The van der Waals surface area contributed by atoms with Crippen molar-refractivity contribution in [2.24, 2.45) is 22.7 Å². The molecule has 33 heavy (non-hydrogen) atoms. The summed E-state index contributed by atoms with van der Waals surface area (Å²) in [6, 6.07) is 0. The Balaban J connectivity index is 1.80. The van der Waals surface area contributed by atoms with Gasteiger partial charge in [0, 0.05) is 10.8 Å². The average molecular weight is 542 g/mol. The maximum atomic E-state index is 13.1. The second kappa shape index (κ2) is 8.39. The average Bonchev–Trinajstić information content (AvgIpc) is 3.02. The van der Waals surface area contributed by atoms with Crippen LogP contribution in [0.2, 0.25) is 0 Å². The van der Waals surface area contributed by atoms with E-state index in [1.165, 1.54) is 6.08 Å². The fraction of sp³-hybridized carbons (Fsp3) is 0.696. The van der Waals surface area contributed by atoms with Gasteiger partial charge in [-0.1, -0.05) is 48.7 Å². The molecule has 5 nitrogen and oxygen atoms in total. The number of carbonyl (C=O) groups excluding carboxylic acids is 3. The first-order chi connectivity index (χ1) is 15.4. The van der Waals surface area contributed by atoms with Crippen molar-refractivity contribution in [3.63, 3.8) is 0 Å². The number of fused-ring (bicyclic) bond motifs is 5. The van der Waals surface area contributed by atoms with Gasteiger partial charge in [-0.05, 0) is 56.1 Å². The smallest absolute Gasteiger partial charge is 0.353 e. The van der Waals surface area contributed by atoms with Crippen molar-refractivity contribution in [3.05, 3.63) is 23.8 Å². The molecule has 3 fully saturated rings. The van der Waals surface area contributed by atoms with Crippen molar-refractivity contribution in [2.75, 3.05) is 6.86 Å². The van der Waals surface area contributed by atoms with Crippen LogP contribution in [-0.4, -0.2) is 45.3 Å². The van der Waals surface area contributed by atoms with E-state index in [1.807, 2.05) is 19.9 Å². The Hall–Kier alpha value is -0.820. The molecular weight excluding hydrogens is 517 g/mol. The molecule has 10 heteroatoms. The van der Waals surface area contributed by atoms with E-state index in [-0.39, 0.29) is 30.5 Å². The Morgan fingerprint density at radius 2 is 1.94 bits per heavy atom. The lowest BCUT2D eigenvalue weighted by Gasteiger charge is -2.63. The molecule has 7 atom stereocenters. The van der Waals surface area contributed by atoms with E-state index in [1.54, 1.807) is 6.08 Å². The van der Waals surface area contributed by atoms with Crippen LogP contribution in [-0.2, 0) is 23.9 Å². The van der Waals surface area contributed by atoms with Gasteiger partial charge >= 0.3 is 11.9 Å². The third kappa shape index (κ3) is 3.34. The molecule has 3 saturated carbocycles. The zero-order chi connectivity index (χ0) is 24.4. The molecule has 0 aromatic rings. The van der Waals surface area contributed by atoms with E-state index >= 15 is 0 Å². The van der Waals surface area contributed by atoms with Crippen LogP contribution >= 0.6 is 46.4 Å². The molecule has 0 amide bonds. The summed E-state index contributed by atoms with van der Waals surface area (Å²) in [6.07, 6.45) is 7.09. The second-order valence-electron chi connectivity index (χ2n) is 9.84. The van der Waals surface area contributed by atoms with Crippen molar-refractivity contribution in [1.29, 1.82) is 0 Å². The number of hydrogen-bond acceptors (Lipinski definition) is 5. The number of alkyl halides is 5. The molecule has 0 radical (unpaired) electrons. The Labute approximate surface area is 211 Å². The Kier molecular flexibility index (Phi) is 6.43. The minimum atomic E-state index is -1.79. The van der Waals surface area contributed by atoms with Gasteiger partial charge in [-0.3, -0.25) is 4.79 Å². The number of ether oxygens (including phenoxy) is 2. The van der Waals surface area contributed by atoms with Gasteiger partial charge in [-0.25, -0.2) is 14.0 Å². The Morgan fingerprint density at radius 1 is 1.24 bits per heavy atom. The fourth-order valence-corrected chi connectivity index (χ4v) is 8.38. The molecule has 0 aliphatic heterocycles. The highest BCUT2D eigenvalue weighted by molar-refractivity contribution is 6.53. The number of carbonyl (C=O) groups is 3. The molecule has 0 N–H and O–H groups in total. The first kappa shape index (κ1) is 25.3. The van der Waals surface area contributed by atoms with Crippen molar-refractivity contribution in [1.82, 2.24) is 0 Å². The summed E-state index contributed by atoms with van der Waals surface area (Å²) < 4.78 is 23.4. The van der Waals surface area contributed by atoms with E-state index < -0.39 is 50.3 Å². The summed E-state index contributed by atoms with van der Waals surface area (Å²) in [7, 11) is 0. The standard InChI is InChI=1S/C23H25Cl4FO5/c1-20-7-5-13(29)9-12(20)3-4-15-14-6-8-22(19(31)32-11-28,33-18(30)17(25)26)21(14,2)10-16(24)23(15,20)27/h5,7,9,14-17H,3-4,6,8,10-11H2,1-2H3/t14-,15-,16-,20-,21-,22-,23-/m0/s1. The van der Waals surface area contributed by atoms with E-state index in [4.69, 9.17) is 55.9 Å². The summed E-state index contributed by atoms with van der Waals surface area (Å²) in [5.41, 5.74) is -2.49. The van der Waals surface area contributed by atoms with Crippen LogP contribution < -0.4 is 0 Å². The first-order valence-electron chi connectivity index (χ1n) is 10.9. The van der Waals surface area contributed by atoms with Crippen molar-refractivity contribution in [2.45, 2.75) is 66.6 Å². The minimum Gasteiger partial charge on any atom is -0.444 e. The predicted molar refractivity (Wildman–Crippen MR) is 123 cm³/mol. The van der Waals surface area contributed by atoms with E-state index in [2.05, 4.69) is 0 Å². The largest absolute Gasteiger partial charge is 0.444 e. The summed E-state index contributed by atoms with van der Waals surface area (Å²) in [4.78, 5) is 35.1. The topological polar surface area (TPSA) is 69.7 Å². The molecule has 4 aliphatic rings. The molecule has 4 aliphatic carbocycles. The lowest BCUT2D eigenvalue weighted by molar-refractivity contribution is -0.205. The lowest BCUT2D eigenvalue weighted by Crippen LogP contribution is -2.68. The third-order valence-electron chi connectivity index (χ3n) is 8.69. The van der Waals surface area contributed by atoms with Gasteiger partial charge in [0.1, 0.15) is 0 Å². The number of rotatable bonds is 4. The molecule has 0 bridgehead atoms. The number of esters is 2. The number of halogens is 5. The van der Waals surface area contributed by atoms with Gasteiger partial charge in [0.25, 0.3) is 0 Å². The number of allylic oxidation sites excluding steroid dienone is 4. The maximum Gasteiger partial charge on any atom is 0.353 e. The van der Waals surface area contributed by atoms with Gasteiger partial charge in [0.05, 0.1) is 10.3 Å². The molecule has 0 aromatic carbocycles. The zero-order valence-corrected chi connectivity index (χ0v) is 21.2. The fourth-order valence-electron chi connectivity index (χ4n) is 7.06. The molecule has 0 unspecified atom stereocenters. The monoisotopic (exact) mass is 540 g/mol. The summed E-state index contributed by atoms with van der Waals surface area (Å²) in [5, 5.41) is -0.658. The minimum absolute atomic E-state index is 0.0783. The van der Waals surface area contributed by atoms with Crippen LogP contribution in [0.3, 0.4) is 0 Å². The molecule has 182 valence electrons. The van der Waals surface area contributed by atoms with Crippen LogP contribution in [0.25, 0.3) is 0 Å². The van der Waals surface area contributed by atoms with Crippen molar-refractivity contribution >= 4 is 64.1 Å². The van der Waals surface area contributed by atoms with Gasteiger partial charge in [-0.15, -0.1) is 23.2 Å².